The van der Waals surface area contributed by atoms with Crippen molar-refractivity contribution in [2.45, 2.75) is 0 Å². The van der Waals surface area contributed by atoms with Crippen LogP contribution in [-0.2, 0) is 4.74 Å². The molecule has 1 N–H and O–H groups in total. The van der Waals surface area contributed by atoms with E-state index in [9.17, 15) is 9.59 Å². The molecule has 104 valence electrons. The second kappa shape index (κ2) is 6.39. The van der Waals surface area contributed by atoms with Gasteiger partial charge in [0.2, 0.25) is 0 Å². The summed E-state index contributed by atoms with van der Waals surface area (Å²) in [5.41, 5.74) is 1.07. The van der Waals surface area contributed by atoms with Crippen molar-refractivity contribution < 1.29 is 14.3 Å². The molecule has 0 saturated heterocycles. The highest BCUT2D eigenvalue weighted by atomic mass is 79.9. The van der Waals surface area contributed by atoms with Gasteiger partial charge in [-0.3, -0.25) is 4.79 Å². The van der Waals surface area contributed by atoms with Crippen molar-refractivity contribution in [1.29, 1.82) is 0 Å². The second-order valence-corrected chi connectivity index (χ2v) is 6.50. The van der Waals surface area contributed by atoms with E-state index in [1.54, 1.807) is 23.6 Å². The summed E-state index contributed by atoms with van der Waals surface area (Å²) in [5, 5.41) is 4.78. The molecular formula is C13H9BrClNO3S. The molecule has 1 heterocycles. The third-order valence-electron chi connectivity index (χ3n) is 2.46. The number of methoxy groups -OCH3 is 1. The molecule has 1 aromatic heterocycles. The molecule has 0 aliphatic carbocycles. The minimum atomic E-state index is -0.561. The van der Waals surface area contributed by atoms with E-state index in [-0.39, 0.29) is 11.5 Å². The van der Waals surface area contributed by atoms with Crippen LogP contribution in [0.2, 0.25) is 5.02 Å². The highest BCUT2D eigenvalue weighted by Gasteiger charge is 2.16. The molecule has 0 fully saturated rings. The number of rotatable bonds is 3. The van der Waals surface area contributed by atoms with E-state index in [4.69, 9.17) is 11.6 Å². The van der Waals surface area contributed by atoms with Gasteiger partial charge in [0.05, 0.1) is 27.7 Å². The van der Waals surface area contributed by atoms with Crippen molar-refractivity contribution in [3.8, 4) is 0 Å². The van der Waals surface area contributed by atoms with Crippen LogP contribution in [0.4, 0.5) is 5.69 Å². The molecule has 0 aliphatic rings. The lowest BCUT2D eigenvalue weighted by atomic mass is 10.1. The lowest BCUT2D eigenvalue weighted by Crippen LogP contribution is -2.14. The number of carbonyl (C=O) groups excluding carboxylic acids is 2. The number of halogens is 2. The first-order valence-electron chi connectivity index (χ1n) is 5.44. The Labute approximate surface area is 132 Å². The highest BCUT2D eigenvalue weighted by Crippen LogP contribution is 2.24. The van der Waals surface area contributed by atoms with Crippen LogP contribution in [0.5, 0.6) is 0 Å². The Morgan fingerprint density at radius 1 is 1.35 bits per heavy atom. The lowest BCUT2D eigenvalue weighted by Gasteiger charge is -2.09. The number of carbonyl (C=O) groups is 2. The Balaban J connectivity index is 2.29. The van der Waals surface area contributed by atoms with E-state index in [1.807, 2.05) is 0 Å². The average molecular weight is 375 g/mol. The van der Waals surface area contributed by atoms with Crippen LogP contribution in [-0.4, -0.2) is 19.0 Å². The summed E-state index contributed by atoms with van der Waals surface area (Å²) < 4.78 is 5.52. The number of thiophene rings is 1. The lowest BCUT2D eigenvalue weighted by molar-refractivity contribution is 0.0602. The molecule has 1 aromatic carbocycles. The van der Waals surface area contributed by atoms with Crippen LogP contribution < -0.4 is 5.32 Å². The van der Waals surface area contributed by atoms with Crippen LogP contribution in [0.15, 0.2) is 33.4 Å². The number of nitrogens with one attached hydrogen (secondary N) is 1. The quantitative estimate of drug-likeness (QED) is 0.819. The second-order valence-electron chi connectivity index (χ2n) is 3.78. The van der Waals surface area contributed by atoms with Gasteiger partial charge < -0.3 is 10.1 Å². The van der Waals surface area contributed by atoms with Gasteiger partial charge >= 0.3 is 5.97 Å². The first-order chi connectivity index (χ1) is 9.51. The molecule has 1 amide bonds. The molecule has 7 heteroatoms. The molecule has 0 aliphatic heterocycles. The predicted molar refractivity (Wildman–Crippen MR) is 82.8 cm³/mol. The van der Waals surface area contributed by atoms with E-state index in [2.05, 4.69) is 26.0 Å². The molecule has 0 spiro atoms. The summed E-state index contributed by atoms with van der Waals surface area (Å²) in [6, 6.07) is 6.31. The summed E-state index contributed by atoms with van der Waals surface area (Å²) in [6.07, 6.45) is 0. The van der Waals surface area contributed by atoms with Crippen molar-refractivity contribution >= 4 is 56.4 Å². The molecule has 4 nitrogen and oxygen atoms in total. The van der Waals surface area contributed by atoms with Crippen molar-refractivity contribution in [3.05, 3.63) is 49.6 Å². The largest absolute Gasteiger partial charge is 0.465 e. The van der Waals surface area contributed by atoms with Crippen LogP contribution >= 0.6 is 38.9 Å². The standard InChI is InChI=1S/C13H9BrClNO3S/c1-19-13(18)9-5-8(15)2-3-10(9)16-12(17)7-4-11(14)20-6-7/h2-6H,1H3,(H,16,17). The Kier molecular flexibility index (Phi) is 4.80. The number of benzene rings is 1. The highest BCUT2D eigenvalue weighted by molar-refractivity contribution is 9.11. The molecule has 2 aromatic rings. The van der Waals surface area contributed by atoms with Gasteiger partial charge in [-0.25, -0.2) is 4.79 Å². The maximum Gasteiger partial charge on any atom is 0.340 e. The first-order valence-corrected chi connectivity index (χ1v) is 7.49. The zero-order chi connectivity index (χ0) is 14.7. The van der Waals surface area contributed by atoms with Gasteiger partial charge in [-0.1, -0.05) is 11.6 Å². The van der Waals surface area contributed by atoms with Gasteiger partial charge in [0.1, 0.15) is 0 Å². The summed E-state index contributed by atoms with van der Waals surface area (Å²) in [5.74, 6) is -0.867. The number of esters is 1. The minimum Gasteiger partial charge on any atom is -0.465 e. The molecule has 20 heavy (non-hydrogen) atoms. The van der Waals surface area contributed by atoms with Crippen molar-refractivity contribution in [3.63, 3.8) is 0 Å². The maximum atomic E-state index is 12.1. The van der Waals surface area contributed by atoms with Gasteiger partial charge in [-0.05, 0) is 40.2 Å². The monoisotopic (exact) mass is 373 g/mol. The van der Waals surface area contributed by atoms with E-state index < -0.39 is 5.97 Å². The van der Waals surface area contributed by atoms with Gasteiger partial charge in [0, 0.05) is 10.4 Å². The van der Waals surface area contributed by atoms with E-state index in [0.29, 0.717) is 16.3 Å². The topological polar surface area (TPSA) is 55.4 Å². The minimum absolute atomic E-state index is 0.211. The first kappa shape index (κ1) is 15.0. The van der Waals surface area contributed by atoms with Gasteiger partial charge in [-0.15, -0.1) is 11.3 Å². The summed E-state index contributed by atoms with van der Waals surface area (Å²) >= 11 is 10.5. The Bertz CT molecular complexity index is 671. The molecular weight excluding hydrogens is 366 g/mol. The maximum absolute atomic E-state index is 12.1. The molecule has 0 radical (unpaired) electrons. The normalized spacial score (nSPS) is 10.2. The molecule has 0 atom stereocenters. The molecule has 0 saturated carbocycles. The van der Waals surface area contributed by atoms with Crippen LogP contribution in [0, 0.1) is 0 Å². The number of anilines is 1. The molecule has 0 unspecified atom stereocenters. The zero-order valence-electron chi connectivity index (χ0n) is 10.3. The third kappa shape index (κ3) is 3.39. The molecule has 2 rings (SSSR count). The van der Waals surface area contributed by atoms with Crippen molar-refractivity contribution in [2.24, 2.45) is 0 Å². The van der Waals surface area contributed by atoms with Gasteiger partial charge in [0.25, 0.3) is 5.91 Å². The Morgan fingerprint density at radius 3 is 2.70 bits per heavy atom. The number of hydrogen-bond acceptors (Lipinski definition) is 4. The summed E-state index contributed by atoms with van der Waals surface area (Å²) in [4.78, 5) is 23.7. The fourth-order valence-corrected chi connectivity index (χ4v) is 2.84. The van der Waals surface area contributed by atoms with Gasteiger partial charge in [0.15, 0.2) is 0 Å². The summed E-state index contributed by atoms with van der Waals surface area (Å²) in [6.45, 7) is 0. The fraction of sp³-hybridized carbons (Fsp3) is 0.0769. The van der Waals surface area contributed by atoms with Crippen molar-refractivity contribution in [1.82, 2.24) is 0 Å². The smallest absolute Gasteiger partial charge is 0.340 e. The third-order valence-corrected chi connectivity index (χ3v) is 4.20. The number of amides is 1. The Hall–Kier alpha value is -1.37. The molecule has 0 bridgehead atoms. The Morgan fingerprint density at radius 2 is 2.10 bits per heavy atom. The summed E-state index contributed by atoms with van der Waals surface area (Å²) in [7, 11) is 1.27. The fourth-order valence-electron chi connectivity index (χ4n) is 1.53. The van der Waals surface area contributed by atoms with Crippen molar-refractivity contribution in [2.75, 3.05) is 12.4 Å². The zero-order valence-corrected chi connectivity index (χ0v) is 13.4. The number of hydrogen-bond donors (Lipinski definition) is 1. The van der Waals surface area contributed by atoms with Gasteiger partial charge in [-0.2, -0.15) is 0 Å². The SMILES string of the molecule is COC(=O)c1cc(Cl)ccc1NC(=O)c1csc(Br)c1. The van der Waals surface area contributed by atoms with Crippen LogP contribution in [0.3, 0.4) is 0 Å². The van der Waals surface area contributed by atoms with E-state index in [1.165, 1.54) is 24.5 Å². The number of ether oxygens (including phenoxy) is 1. The predicted octanol–water partition coefficient (Wildman–Crippen LogP) is 4.20. The van der Waals surface area contributed by atoms with E-state index in [0.717, 1.165) is 3.79 Å². The average Bonchev–Trinajstić information content (AvgIpc) is 2.86. The van der Waals surface area contributed by atoms with E-state index >= 15 is 0 Å². The van der Waals surface area contributed by atoms with Crippen LogP contribution in [0.25, 0.3) is 0 Å². The van der Waals surface area contributed by atoms with Crippen LogP contribution in [0.1, 0.15) is 20.7 Å².